The van der Waals surface area contributed by atoms with E-state index in [0.717, 1.165) is 0 Å². The fraction of sp³-hybridized carbons (Fsp3) is 0.889. The molecule has 0 saturated carbocycles. The Bertz CT molecular complexity index is 319. The number of rotatable bonds is 5. The molecule has 0 spiro atoms. The Labute approximate surface area is 91.2 Å². The largest absolute Gasteiger partial charge is 0.465 e. The van der Waals surface area contributed by atoms with Crippen LogP contribution in [0.15, 0.2) is 0 Å². The van der Waals surface area contributed by atoms with Crippen molar-refractivity contribution in [2.45, 2.75) is 45.4 Å². The van der Waals surface area contributed by atoms with E-state index in [1.165, 1.54) is 13.8 Å². The molecule has 0 bridgehead atoms. The van der Waals surface area contributed by atoms with E-state index in [4.69, 9.17) is 4.74 Å². The van der Waals surface area contributed by atoms with Gasteiger partial charge in [-0.25, -0.2) is 13.1 Å². The summed E-state index contributed by atoms with van der Waals surface area (Å²) in [6.45, 7) is 7.85. The van der Waals surface area contributed by atoms with Gasteiger partial charge in [0.15, 0.2) is 4.75 Å². The smallest absolute Gasteiger partial charge is 0.328 e. The van der Waals surface area contributed by atoms with E-state index >= 15 is 0 Å². The Morgan fingerprint density at radius 1 is 1.40 bits per heavy atom. The minimum absolute atomic E-state index is 0.166. The van der Waals surface area contributed by atoms with Crippen molar-refractivity contribution in [2.75, 3.05) is 6.61 Å². The van der Waals surface area contributed by atoms with Gasteiger partial charge < -0.3 is 4.74 Å². The topological polar surface area (TPSA) is 72.5 Å². The van der Waals surface area contributed by atoms with Crippen molar-refractivity contribution in [3.8, 4) is 0 Å². The van der Waals surface area contributed by atoms with Gasteiger partial charge in [-0.2, -0.15) is 0 Å². The number of carbonyl (C=O) groups excluding carboxylic acids is 1. The van der Waals surface area contributed by atoms with Gasteiger partial charge in [0.1, 0.15) is 0 Å². The summed E-state index contributed by atoms with van der Waals surface area (Å²) in [5, 5.41) is 0. The molecule has 0 aromatic rings. The van der Waals surface area contributed by atoms with Gasteiger partial charge in [-0.3, -0.25) is 4.79 Å². The molecule has 0 atom stereocenters. The van der Waals surface area contributed by atoms with Crippen molar-refractivity contribution in [1.29, 1.82) is 0 Å². The second-order valence-electron chi connectivity index (χ2n) is 4.01. The summed E-state index contributed by atoms with van der Waals surface area (Å²) < 4.78 is 29.1. The summed E-state index contributed by atoms with van der Waals surface area (Å²) in [6.07, 6.45) is 0. The van der Waals surface area contributed by atoms with Gasteiger partial charge in [-0.1, -0.05) is 0 Å². The van der Waals surface area contributed by atoms with E-state index in [-0.39, 0.29) is 12.6 Å². The Morgan fingerprint density at radius 3 is 2.20 bits per heavy atom. The molecule has 15 heavy (non-hydrogen) atoms. The lowest BCUT2D eigenvalue weighted by atomic mass is 10.2. The molecule has 0 rings (SSSR count). The van der Waals surface area contributed by atoms with Crippen LogP contribution in [0.3, 0.4) is 0 Å². The van der Waals surface area contributed by atoms with E-state index in [0.29, 0.717) is 0 Å². The molecule has 0 aliphatic carbocycles. The first-order chi connectivity index (χ1) is 6.65. The quantitative estimate of drug-likeness (QED) is 0.713. The average Bonchev–Trinajstić information content (AvgIpc) is 2.01. The van der Waals surface area contributed by atoms with Gasteiger partial charge in [-0.05, 0) is 34.6 Å². The predicted molar refractivity (Wildman–Crippen MR) is 57.9 cm³/mol. The molecule has 90 valence electrons. The average molecular weight is 237 g/mol. The van der Waals surface area contributed by atoms with Gasteiger partial charge in [0, 0.05) is 6.04 Å². The van der Waals surface area contributed by atoms with Gasteiger partial charge in [-0.15, -0.1) is 0 Å². The second kappa shape index (κ2) is 4.94. The van der Waals surface area contributed by atoms with Crippen molar-refractivity contribution in [2.24, 2.45) is 0 Å². The lowest BCUT2D eigenvalue weighted by Crippen LogP contribution is -2.50. The Balaban J connectivity index is 4.93. The Morgan fingerprint density at radius 2 is 1.87 bits per heavy atom. The van der Waals surface area contributed by atoms with Gasteiger partial charge in [0.2, 0.25) is 10.0 Å². The number of hydrogen-bond acceptors (Lipinski definition) is 4. The van der Waals surface area contributed by atoms with Gasteiger partial charge >= 0.3 is 5.97 Å². The van der Waals surface area contributed by atoms with Crippen LogP contribution in [0.5, 0.6) is 0 Å². The second-order valence-corrected chi connectivity index (χ2v) is 6.27. The normalized spacial score (nSPS) is 12.9. The molecule has 0 aliphatic rings. The van der Waals surface area contributed by atoms with Crippen molar-refractivity contribution in [3.05, 3.63) is 0 Å². The third kappa shape index (κ3) is 3.46. The SMILES string of the molecule is CCOC(=O)C(C)(C)S(=O)(=O)NC(C)C. The minimum atomic E-state index is -3.71. The number of nitrogens with one attached hydrogen (secondary N) is 1. The molecule has 0 fully saturated rings. The number of carbonyl (C=O) groups is 1. The monoisotopic (exact) mass is 237 g/mol. The van der Waals surface area contributed by atoms with Crippen LogP contribution in [0.1, 0.15) is 34.6 Å². The summed E-state index contributed by atoms with van der Waals surface area (Å²) in [4.78, 5) is 11.5. The number of hydrogen-bond donors (Lipinski definition) is 1. The van der Waals surface area contributed by atoms with Crippen molar-refractivity contribution < 1.29 is 17.9 Å². The molecule has 0 aromatic carbocycles. The maximum Gasteiger partial charge on any atom is 0.328 e. The highest BCUT2D eigenvalue weighted by Gasteiger charge is 2.43. The van der Waals surface area contributed by atoms with Crippen LogP contribution in [-0.2, 0) is 19.6 Å². The lowest BCUT2D eigenvalue weighted by molar-refractivity contribution is -0.145. The van der Waals surface area contributed by atoms with Crippen molar-refractivity contribution >= 4 is 16.0 Å². The van der Waals surface area contributed by atoms with Crippen LogP contribution in [0.25, 0.3) is 0 Å². The molecule has 0 aliphatic heterocycles. The van der Waals surface area contributed by atoms with E-state index in [1.54, 1.807) is 20.8 Å². The maximum atomic E-state index is 11.8. The van der Waals surface area contributed by atoms with Crippen molar-refractivity contribution in [3.63, 3.8) is 0 Å². The summed E-state index contributed by atoms with van der Waals surface area (Å²) in [6, 6.07) is -0.247. The summed E-state index contributed by atoms with van der Waals surface area (Å²) in [5.41, 5.74) is 0. The minimum Gasteiger partial charge on any atom is -0.465 e. The third-order valence-corrected chi connectivity index (χ3v) is 4.12. The zero-order chi connectivity index (χ0) is 12.3. The maximum absolute atomic E-state index is 11.8. The fourth-order valence-electron chi connectivity index (χ4n) is 0.872. The van der Waals surface area contributed by atoms with Gasteiger partial charge in [0.05, 0.1) is 6.61 Å². The molecule has 0 heterocycles. The highest BCUT2D eigenvalue weighted by molar-refractivity contribution is 7.91. The molecule has 6 heteroatoms. The van der Waals surface area contributed by atoms with Crippen LogP contribution in [0, 0.1) is 0 Å². The molecule has 0 amide bonds. The standard InChI is InChI=1S/C9H19NO4S/c1-6-14-8(11)9(4,5)15(12,13)10-7(2)3/h7,10H,6H2,1-5H3. The van der Waals surface area contributed by atoms with Gasteiger partial charge in [0.25, 0.3) is 0 Å². The molecule has 0 aromatic heterocycles. The first-order valence-electron chi connectivity index (χ1n) is 4.84. The van der Waals surface area contributed by atoms with Crippen molar-refractivity contribution in [1.82, 2.24) is 4.72 Å². The zero-order valence-corrected chi connectivity index (χ0v) is 10.6. The van der Waals surface area contributed by atoms with E-state index in [9.17, 15) is 13.2 Å². The predicted octanol–water partition coefficient (Wildman–Crippen LogP) is 0.656. The van der Waals surface area contributed by atoms with Crippen LogP contribution < -0.4 is 4.72 Å². The van der Waals surface area contributed by atoms with Crippen LogP contribution in [0.2, 0.25) is 0 Å². The summed E-state index contributed by atoms with van der Waals surface area (Å²) in [7, 11) is -3.71. The summed E-state index contributed by atoms with van der Waals surface area (Å²) >= 11 is 0. The first kappa shape index (κ1) is 14.4. The van der Waals surface area contributed by atoms with Crippen LogP contribution in [0.4, 0.5) is 0 Å². The molecule has 5 nitrogen and oxygen atoms in total. The lowest BCUT2D eigenvalue weighted by Gasteiger charge is -2.24. The van der Waals surface area contributed by atoms with Crippen LogP contribution >= 0.6 is 0 Å². The highest BCUT2D eigenvalue weighted by atomic mass is 32.2. The molecular weight excluding hydrogens is 218 g/mol. The van der Waals surface area contributed by atoms with E-state index < -0.39 is 20.7 Å². The number of ether oxygens (including phenoxy) is 1. The Hall–Kier alpha value is -0.620. The molecule has 1 N–H and O–H groups in total. The molecule has 0 saturated heterocycles. The summed E-state index contributed by atoms with van der Waals surface area (Å²) in [5.74, 6) is -0.738. The zero-order valence-electron chi connectivity index (χ0n) is 9.83. The Kier molecular flexibility index (Phi) is 4.73. The first-order valence-corrected chi connectivity index (χ1v) is 6.32. The third-order valence-electron chi connectivity index (χ3n) is 1.83. The number of esters is 1. The van der Waals surface area contributed by atoms with E-state index in [2.05, 4.69) is 4.72 Å². The highest BCUT2D eigenvalue weighted by Crippen LogP contribution is 2.17. The molecular formula is C9H19NO4S. The van der Waals surface area contributed by atoms with E-state index in [1.807, 2.05) is 0 Å². The molecule has 0 unspecified atom stereocenters. The fourth-order valence-corrected chi connectivity index (χ4v) is 2.07. The number of sulfonamides is 1. The van der Waals surface area contributed by atoms with Crippen LogP contribution in [-0.4, -0.2) is 31.8 Å². The molecule has 0 radical (unpaired) electrons.